The molecule has 2 aromatic rings. The normalized spacial score (nSPS) is 30.0. The van der Waals surface area contributed by atoms with Gasteiger partial charge >= 0.3 is 5.97 Å². The number of methoxy groups -OCH3 is 1. The molecule has 1 spiro atoms. The monoisotopic (exact) mass is 656 g/mol. The number of anilines is 1. The Morgan fingerprint density at radius 2 is 2.04 bits per heavy atom. The molecule has 2 aliphatic heterocycles. The number of hydrogen-bond donors (Lipinski definition) is 2. The van der Waals surface area contributed by atoms with Gasteiger partial charge in [0.15, 0.2) is 0 Å². The molecule has 1 fully saturated rings. The Bertz CT molecular complexity index is 1590. The maximum absolute atomic E-state index is 13.5. The molecule has 45 heavy (non-hydrogen) atoms. The lowest BCUT2D eigenvalue weighted by molar-refractivity contribution is -0.140. The lowest BCUT2D eigenvalue weighted by Gasteiger charge is -2.45. The number of rotatable bonds is 3. The van der Waals surface area contributed by atoms with Gasteiger partial charge in [0.2, 0.25) is 10.0 Å². The molecule has 0 radical (unpaired) electrons. The SMILES string of the molecule is COC(=O)CC[C@H]1CC/C=C/[C@H](O)[C@@H]2CC[C@H]2CN2C[C@@]3(CCCc4cc(Cl)ccc43)COc3ccc(cc32)C(=O)NS1(=O)=O. The molecule has 242 valence electrons. The van der Waals surface area contributed by atoms with Crippen LogP contribution in [0.1, 0.15) is 72.9 Å². The molecule has 0 unspecified atom stereocenters. The summed E-state index contributed by atoms with van der Waals surface area (Å²) in [6.07, 6.45) is 8.19. The molecule has 1 saturated carbocycles. The van der Waals surface area contributed by atoms with Gasteiger partial charge < -0.3 is 19.5 Å². The number of carbonyl (C=O) groups is 2. The zero-order valence-corrected chi connectivity index (χ0v) is 27.1. The third-order valence-electron chi connectivity index (χ3n) is 10.2. The standard InChI is InChI=1S/C34H41ClN2O7S/c1-43-32(39)15-11-26-6-2-3-7-30(38)27-12-8-24(27)19-37-20-34(16-4-5-22-17-25(35)10-13-28(22)34)21-44-31-14-9-23(18-29(31)37)33(40)36-45(26,41)42/h3,7,9-10,13-14,17-18,24,26-27,30,38H,2,4-6,8,11-12,15-16,19-21H2,1H3,(H,36,40)/b7-3+/t24-,26+,27+,30-,34-/m0/s1. The van der Waals surface area contributed by atoms with E-state index in [1.54, 1.807) is 24.3 Å². The smallest absolute Gasteiger partial charge is 0.305 e. The Kier molecular flexibility index (Phi) is 9.19. The first kappa shape index (κ1) is 31.9. The maximum Gasteiger partial charge on any atom is 0.305 e. The van der Waals surface area contributed by atoms with Gasteiger partial charge in [0, 0.05) is 35.5 Å². The first-order valence-corrected chi connectivity index (χ1v) is 17.8. The predicted octanol–water partition coefficient (Wildman–Crippen LogP) is 4.93. The molecule has 9 nitrogen and oxygen atoms in total. The molecule has 4 aliphatic rings. The van der Waals surface area contributed by atoms with Crippen molar-refractivity contribution in [2.24, 2.45) is 11.8 Å². The van der Waals surface area contributed by atoms with Crippen molar-refractivity contribution in [3.8, 4) is 5.75 Å². The van der Waals surface area contributed by atoms with Crippen molar-refractivity contribution in [1.82, 2.24) is 4.72 Å². The summed E-state index contributed by atoms with van der Waals surface area (Å²) in [6, 6.07) is 11.2. The highest BCUT2D eigenvalue weighted by atomic mass is 35.5. The van der Waals surface area contributed by atoms with Gasteiger partial charge in [0.05, 0.1) is 30.8 Å². The highest BCUT2D eigenvalue weighted by Crippen LogP contribution is 2.46. The quantitative estimate of drug-likeness (QED) is 0.352. The number of halogens is 1. The van der Waals surface area contributed by atoms with Crippen LogP contribution in [0.3, 0.4) is 0 Å². The number of fused-ring (bicyclic) bond motifs is 4. The van der Waals surface area contributed by atoms with Crippen molar-refractivity contribution in [3.05, 3.63) is 70.3 Å². The van der Waals surface area contributed by atoms with Crippen molar-refractivity contribution >= 4 is 39.2 Å². The number of nitrogens with one attached hydrogen (secondary N) is 1. The van der Waals surface area contributed by atoms with Gasteiger partial charge in [0.25, 0.3) is 5.91 Å². The summed E-state index contributed by atoms with van der Waals surface area (Å²) in [5, 5.41) is 10.9. The van der Waals surface area contributed by atoms with Crippen LogP contribution in [0.15, 0.2) is 48.6 Å². The number of benzene rings is 2. The van der Waals surface area contributed by atoms with Crippen LogP contribution in [0.4, 0.5) is 5.69 Å². The maximum atomic E-state index is 13.5. The molecule has 0 aromatic heterocycles. The van der Waals surface area contributed by atoms with Crippen LogP contribution in [0.5, 0.6) is 5.75 Å². The lowest BCUT2D eigenvalue weighted by atomic mass is 9.68. The lowest BCUT2D eigenvalue weighted by Crippen LogP contribution is -2.49. The Balaban J connectivity index is 1.38. The second kappa shape index (κ2) is 13.0. The van der Waals surface area contributed by atoms with Crippen LogP contribution in [0.2, 0.25) is 5.02 Å². The fourth-order valence-electron chi connectivity index (χ4n) is 7.58. The number of amides is 1. The second-order valence-corrected chi connectivity index (χ2v) is 15.4. The van der Waals surface area contributed by atoms with E-state index in [1.165, 1.54) is 18.2 Å². The zero-order valence-electron chi connectivity index (χ0n) is 25.5. The van der Waals surface area contributed by atoms with Crippen molar-refractivity contribution < 1.29 is 32.6 Å². The number of esters is 1. The fourth-order valence-corrected chi connectivity index (χ4v) is 9.19. The van der Waals surface area contributed by atoms with E-state index in [9.17, 15) is 23.1 Å². The number of allylic oxidation sites excluding steroid dienone is 1. The summed E-state index contributed by atoms with van der Waals surface area (Å²) in [5.41, 5.74) is 3.11. The average molecular weight is 657 g/mol. The molecule has 2 bridgehead atoms. The van der Waals surface area contributed by atoms with Crippen LogP contribution in [-0.2, 0) is 31.4 Å². The molecular formula is C34H41ClN2O7S. The molecule has 11 heteroatoms. The van der Waals surface area contributed by atoms with Crippen LogP contribution in [0, 0.1) is 11.8 Å². The molecule has 1 amide bonds. The van der Waals surface area contributed by atoms with E-state index in [0.717, 1.165) is 37.8 Å². The summed E-state index contributed by atoms with van der Waals surface area (Å²) >= 11 is 6.39. The minimum absolute atomic E-state index is 0.0109. The van der Waals surface area contributed by atoms with Gasteiger partial charge in [-0.25, -0.2) is 13.1 Å². The molecule has 2 N–H and O–H groups in total. The topological polar surface area (TPSA) is 122 Å². The van der Waals surface area contributed by atoms with Crippen LogP contribution in [0.25, 0.3) is 0 Å². The minimum Gasteiger partial charge on any atom is -0.490 e. The van der Waals surface area contributed by atoms with E-state index in [2.05, 4.69) is 21.8 Å². The van der Waals surface area contributed by atoms with E-state index in [-0.39, 0.29) is 42.1 Å². The highest BCUT2D eigenvalue weighted by Gasteiger charge is 2.44. The first-order chi connectivity index (χ1) is 21.6. The Hall–Kier alpha value is -3.08. The molecule has 6 rings (SSSR count). The number of hydrogen-bond acceptors (Lipinski definition) is 8. The number of ether oxygens (including phenoxy) is 2. The zero-order chi connectivity index (χ0) is 31.8. The number of nitrogens with zero attached hydrogens (tertiary/aromatic N) is 1. The third kappa shape index (κ3) is 6.60. The van der Waals surface area contributed by atoms with Crippen molar-refractivity contribution in [1.29, 1.82) is 0 Å². The summed E-state index contributed by atoms with van der Waals surface area (Å²) in [6.45, 7) is 1.80. The van der Waals surface area contributed by atoms with E-state index in [1.807, 2.05) is 12.1 Å². The number of carbonyl (C=O) groups excluding carboxylic acids is 2. The molecule has 5 atom stereocenters. The number of aryl methyl sites for hydroxylation is 1. The first-order valence-electron chi connectivity index (χ1n) is 15.9. The van der Waals surface area contributed by atoms with Gasteiger partial charge in [-0.05, 0) is 105 Å². The molecule has 0 saturated heterocycles. The summed E-state index contributed by atoms with van der Waals surface area (Å²) in [4.78, 5) is 27.6. The second-order valence-electron chi connectivity index (χ2n) is 13.0. The Labute approximate surface area is 270 Å². The van der Waals surface area contributed by atoms with Crippen LogP contribution >= 0.6 is 11.6 Å². The average Bonchev–Trinajstić information content (AvgIpc) is 3.14. The van der Waals surface area contributed by atoms with Gasteiger partial charge in [-0.15, -0.1) is 0 Å². The number of aliphatic hydroxyl groups is 1. The van der Waals surface area contributed by atoms with Gasteiger partial charge in [-0.3, -0.25) is 9.59 Å². The fraction of sp³-hybridized carbons (Fsp3) is 0.529. The summed E-state index contributed by atoms with van der Waals surface area (Å²) in [7, 11) is -2.88. The number of sulfonamides is 1. The van der Waals surface area contributed by atoms with Gasteiger partial charge in [0.1, 0.15) is 5.75 Å². The van der Waals surface area contributed by atoms with Gasteiger partial charge in [-0.2, -0.15) is 0 Å². The largest absolute Gasteiger partial charge is 0.490 e. The summed E-state index contributed by atoms with van der Waals surface area (Å²) in [5.74, 6) is -0.296. The third-order valence-corrected chi connectivity index (χ3v) is 12.3. The van der Waals surface area contributed by atoms with Crippen molar-refractivity contribution in [2.45, 2.75) is 74.6 Å². The predicted molar refractivity (Wildman–Crippen MR) is 172 cm³/mol. The number of aliphatic hydroxyl groups excluding tert-OH is 1. The molecular weight excluding hydrogens is 616 g/mol. The van der Waals surface area contributed by atoms with E-state index >= 15 is 0 Å². The molecule has 2 heterocycles. The molecule has 2 aromatic carbocycles. The van der Waals surface area contributed by atoms with Crippen molar-refractivity contribution in [3.63, 3.8) is 0 Å². The minimum atomic E-state index is -4.13. The summed E-state index contributed by atoms with van der Waals surface area (Å²) < 4.78 is 40.4. The van der Waals surface area contributed by atoms with Gasteiger partial charge in [-0.1, -0.05) is 29.8 Å². The molecule has 2 aliphatic carbocycles. The van der Waals surface area contributed by atoms with E-state index < -0.39 is 33.3 Å². The van der Waals surface area contributed by atoms with Crippen LogP contribution < -0.4 is 14.4 Å². The van der Waals surface area contributed by atoms with Crippen LogP contribution in [-0.4, -0.2) is 63.6 Å². The Morgan fingerprint density at radius 3 is 2.82 bits per heavy atom. The highest BCUT2D eigenvalue weighted by molar-refractivity contribution is 7.90. The van der Waals surface area contributed by atoms with Crippen molar-refractivity contribution in [2.75, 3.05) is 31.7 Å². The Morgan fingerprint density at radius 1 is 1.20 bits per heavy atom. The van der Waals surface area contributed by atoms with E-state index in [0.29, 0.717) is 36.9 Å². The van der Waals surface area contributed by atoms with E-state index in [4.69, 9.17) is 21.1 Å².